The summed E-state index contributed by atoms with van der Waals surface area (Å²) in [5.74, 6) is 0. The van der Waals surface area contributed by atoms with E-state index in [1.807, 2.05) is 0 Å². The molecule has 1 saturated heterocycles. The maximum atomic E-state index is 10.7. The maximum absolute atomic E-state index is 10.7. The normalized spacial score (nSPS) is 24.1. The van der Waals surface area contributed by atoms with E-state index in [4.69, 9.17) is 9.84 Å². The van der Waals surface area contributed by atoms with Gasteiger partial charge in [0.2, 0.25) is 0 Å². The lowest BCUT2D eigenvalue weighted by Crippen LogP contribution is -2.45. The molecular weight excluding hydrogens is 158 g/mol. The number of carboxylic acid groups (broad SMARTS) is 1. The molecule has 1 heterocycles. The van der Waals surface area contributed by atoms with E-state index in [0.29, 0.717) is 13.2 Å². The van der Waals surface area contributed by atoms with Gasteiger partial charge in [-0.3, -0.25) is 0 Å². The van der Waals surface area contributed by atoms with Gasteiger partial charge >= 0.3 is 6.09 Å². The van der Waals surface area contributed by atoms with Gasteiger partial charge in [0.1, 0.15) is 0 Å². The summed E-state index contributed by atoms with van der Waals surface area (Å²) in [6.45, 7) is 1.18. The zero-order valence-electron chi connectivity index (χ0n) is 7.32. The number of nitrogens with zero attached hydrogens (tertiary/aromatic N) is 1. The van der Waals surface area contributed by atoms with Crippen molar-refractivity contribution in [2.24, 2.45) is 0 Å². The number of rotatable bonds is 2. The quantitative estimate of drug-likeness (QED) is 0.681. The van der Waals surface area contributed by atoms with E-state index in [1.54, 1.807) is 7.11 Å². The first-order valence-corrected chi connectivity index (χ1v) is 4.24. The van der Waals surface area contributed by atoms with Crippen molar-refractivity contribution in [3.8, 4) is 0 Å². The minimum atomic E-state index is -0.822. The van der Waals surface area contributed by atoms with Crippen LogP contribution in [0.4, 0.5) is 4.79 Å². The molecule has 0 spiro atoms. The zero-order chi connectivity index (χ0) is 8.97. The summed E-state index contributed by atoms with van der Waals surface area (Å²) in [7, 11) is 1.61. The van der Waals surface area contributed by atoms with Crippen molar-refractivity contribution < 1.29 is 14.6 Å². The van der Waals surface area contributed by atoms with Crippen LogP contribution in [-0.4, -0.2) is 42.4 Å². The Morgan fingerprint density at radius 2 is 2.42 bits per heavy atom. The number of methoxy groups -OCH3 is 1. The van der Waals surface area contributed by atoms with Crippen LogP contribution in [0, 0.1) is 0 Å². The number of likely N-dealkylation sites (tertiary alicyclic amines) is 1. The molecular formula is C8H15NO3. The van der Waals surface area contributed by atoms with Gasteiger partial charge in [0, 0.05) is 13.7 Å². The third-order valence-electron chi connectivity index (χ3n) is 2.23. The first-order valence-electron chi connectivity index (χ1n) is 4.24. The van der Waals surface area contributed by atoms with Crippen molar-refractivity contribution in [2.75, 3.05) is 20.3 Å². The number of ether oxygens (including phenoxy) is 1. The van der Waals surface area contributed by atoms with Gasteiger partial charge in [-0.2, -0.15) is 0 Å². The van der Waals surface area contributed by atoms with Gasteiger partial charge in [0.15, 0.2) is 0 Å². The third kappa shape index (κ3) is 2.11. The van der Waals surface area contributed by atoms with Gasteiger partial charge in [-0.25, -0.2) is 4.79 Å². The van der Waals surface area contributed by atoms with Crippen LogP contribution in [-0.2, 0) is 4.74 Å². The maximum Gasteiger partial charge on any atom is 0.407 e. The first kappa shape index (κ1) is 9.32. The van der Waals surface area contributed by atoms with Crippen molar-refractivity contribution in [2.45, 2.75) is 25.3 Å². The predicted octanol–water partition coefficient (Wildman–Crippen LogP) is 1.17. The molecule has 0 aromatic carbocycles. The number of hydrogen-bond donors (Lipinski definition) is 1. The molecule has 0 bridgehead atoms. The highest BCUT2D eigenvalue weighted by atomic mass is 16.5. The molecule has 1 rings (SSSR count). The second kappa shape index (κ2) is 4.30. The van der Waals surface area contributed by atoms with Crippen molar-refractivity contribution in [1.82, 2.24) is 4.90 Å². The standard InChI is InChI=1S/C8H15NO3/c1-12-6-7-4-2-3-5-9(7)8(10)11/h7H,2-6H2,1H3,(H,10,11). The Bertz CT molecular complexity index is 158. The molecule has 1 amide bonds. The Kier molecular flexibility index (Phi) is 3.34. The molecule has 1 N–H and O–H groups in total. The minimum absolute atomic E-state index is 0.0706. The van der Waals surface area contributed by atoms with E-state index < -0.39 is 6.09 Å². The monoisotopic (exact) mass is 173 g/mol. The number of carbonyl (C=O) groups is 1. The van der Waals surface area contributed by atoms with Crippen LogP contribution in [0.5, 0.6) is 0 Å². The lowest BCUT2D eigenvalue weighted by Gasteiger charge is -2.32. The van der Waals surface area contributed by atoms with E-state index in [-0.39, 0.29) is 6.04 Å². The molecule has 1 fully saturated rings. The molecule has 1 unspecified atom stereocenters. The molecule has 4 heteroatoms. The fourth-order valence-corrected chi connectivity index (χ4v) is 1.62. The fraction of sp³-hybridized carbons (Fsp3) is 0.875. The molecule has 0 radical (unpaired) electrons. The van der Waals surface area contributed by atoms with Crippen molar-refractivity contribution in [1.29, 1.82) is 0 Å². The Hall–Kier alpha value is -0.770. The van der Waals surface area contributed by atoms with Gasteiger partial charge in [0.25, 0.3) is 0 Å². The van der Waals surface area contributed by atoms with Gasteiger partial charge in [-0.05, 0) is 19.3 Å². The molecule has 0 aromatic heterocycles. The predicted molar refractivity (Wildman–Crippen MR) is 44.2 cm³/mol. The van der Waals surface area contributed by atoms with Gasteiger partial charge in [-0.1, -0.05) is 0 Å². The van der Waals surface area contributed by atoms with Gasteiger partial charge in [-0.15, -0.1) is 0 Å². The Balaban J connectivity index is 2.48. The average molecular weight is 173 g/mol. The van der Waals surface area contributed by atoms with Crippen LogP contribution < -0.4 is 0 Å². The van der Waals surface area contributed by atoms with Crippen molar-refractivity contribution in [3.05, 3.63) is 0 Å². The minimum Gasteiger partial charge on any atom is -0.465 e. The van der Waals surface area contributed by atoms with Gasteiger partial charge < -0.3 is 14.7 Å². The van der Waals surface area contributed by atoms with Crippen LogP contribution in [0.1, 0.15) is 19.3 Å². The highest BCUT2D eigenvalue weighted by molar-refractivity contribution is 5.65. The zero-order valence-corrected chi connectivity index (χ0v) is 7.32. The highest BCUT2D eigenvalue weighted by Crippen LogP contribution is 2.16. The Morgan fingerprint density at radius 1 is 1.67 bits per heavy atom. The number of hydrogen-bond acceptors (Lipinski definition) is 2. The summed E-state index contributed by atoms with van der Waals surface area (Å²) in [6.07, 6.45) is 2.20. The summed E-state index contributed by atoms with van der Waals surface area (Å²) in [5.41, 5.74) is 0. The molecule has 1 aliphatic heterocycles. The molecule has 0 saturated carbocycles. The first-order chi connectivity index (χ1) is 5.75. The summed E-state index contributed by atoms with van der Waals surface area (Å²) < 4.78 is 4.96. The topological polar surface area (TPSA) is 49.8 Å². The Morgan fingerprint density at radius 3 is 3.00 bits per heavy atom. The van der Waals surface area contributed by atoms with E-state index >= 15 is 0 Å². The summed E-state index contributed by atoms with van der Waals surface area (Å²) >= 11 is 0. The van der Waals surface area contributed by atoms with Crippen molar-refractivity contribution in [3.63, 3.8) is 0 Å². The molecule has 4 nitrogen and oxygen atoms in total. The molecule has 12 heavy (non-hydrogen) atoms. The smallest absolute Gasteiger partial charge is 0.407 e. The third-order valence-corrected chi connectivity index (χ3v) is 2.23. The SMILES string of the molecule is COCC1CCCCN1C(=O)O. The summed E-state index contributed by atoms with van der Waals surface area (Å²) in [4.78, 5) is 12.2. The van der Waals surface area contributed by atoms with E-state index in [2.05, 4.69) is 0 Å². The second-order valence-corrected chi connectivity index (χ2v) is 3.08. The van der Waals surface area contributed by atoms with Crippen LogP contribution in [0.15, 0.2) is 0 Å². The molecule has 70 valence electrons. The van der Waals surface area contributed by atoms with Crippen LogP contribution >= 0.6 is 0 Å². The Labute approximate surface area is 72.1 Å². The fourth-order valence-electron chi connectivity index (χ4n) is 1.62. The highest BCUT2D eigenvalue weighted by Gasteiger charge is 2.25. The van der Waals surface area contributed by atoms with Crippen LogP contribution in [0.25, 0.3) is 0 Å². The van der Waals surface area contributed by atoms with E-state index in [1.165, 1.54) is 4.90 Å². The lowest BCUT2D eigenvalue weighted by molar-refractivity contribution is 0.0612. The summed E-state index contributed by atoms with van der Waals surface area (Å²) in [5, 5.41) is 8.81. The average Bonchev–Trinajstić information content (AvgIpc) is 2.05. The largest absolute Gasteiger partial charge is 0.465 e. The molecule has 0 aromatic rings. The number of amides is 1. The van der Waals surface area contributed by atoms with Crippen LogP contribution in [0.2, 0.25) is 0 Å². The summed E-state index contributed by atoms with van der Waals surface area (Å²) in [6, 6.07) is 0.0706. The van der Waals surface area contributed by atoms with E-state index in [0.717, 1.165) is 19.3 Å². The van der Waals surface area contributed by atoms with Gasteiger partial charge in [0.05, 0.1) is 12.6 Å². The molecule has 1 atom stereocenters. The van der Waals surface area contributed by atoms with E-state index in [9.17, 15) is 4.79 Å². The molecule has 1 aliphatic rings. The van der Waals surface area contributed by atoms with Crippen LogP contribution in [0.3, 0.4) is 0 Å². The number of piperidine rings is 1. The second-order valence-electron chi connectivity index (χ2n) is 3.08. The molecule has 0 aliphatic carbocycles. The van der Waals surface area contributed by atoms with Crippen molar-refractivity contribution >= 4 is 6.09 Å². The lowest BCUT2D eigenvalue weighted by atomic mass is 10.0.